The van der Waals surface area contributed by atoms with Gasteiger partial charge in [-0.15, -0.1) is 0 Å². The number of unbranched alkanes of at least 4 members (excludes halogenated alkanes) is 1. The van der Waals surface area contributed by atoms with E-state index in [1.807, 2.05) is 10.8 Å². The fraction of sp³-hybridized carbons (Fsp3) is 0.300. The zero-order valence-electron chi connectivity index (χ0n) is 14.5. The van der Waals surface area contributed by atoms with Crippen LogP contribution in [0.2, 0.25) is 0 Å². The molecule has 0 saturated heterocycles. The fourth-order valence-electron chi connectivity index (χ4n) is 2.71. The second-order valence-electron chi connectivity index (χ2n) is 6.10. The smallest absolute Gasteiger partial charge is 0.220 e. The van der Waals surface area contributed by atoms with Crippen molar-refractivity contribution in [1.82, 2.24) is 14.9 Å². The van der Waals surface area contributed by atoms with E-state index in [2.05, 4.69) is 10.3 Å². The summed E-state index contributed by atoms with van der Waals surface area (Å²) in [6, 6.07) is 10.0. The molecule has 0 atom stereocenters. The van der Waals surface area contributed by atoms with Gasteiger partial charge in [0.2, 0.25) is 5.91 Å². The molecule has 0 aliphatic rings. The molecule has 5 nitrogen and oxygen atoms in total. The summed E-state index contributed by atoms with van der Waals surface area (Å²) in [7, 11) is 0. The summed E-state index contributed by atoms with van der Waals surface area (Å²) >= 11 is 0. The van der Waals surface area contributed by atoms with Crippen LogP contribution < -0.4 is 5.32 Å². The number of benzene rings is 1. The number of carbonyl (C=O) groups is 1. The number of hydrogen-bond donors (Lipinski definition) is 1. The van der Waals surface area contributed by atoms with Gasteiger partial charge in [-0.1, -0.05) is 12.1 Å². The van der Waals surface area contributed by atoms with Crippen LogP contribution in [-0.2, 0) is 17.8 Å². The van der Waals surface area contributed by atoms with Crippen LogP contribution in [0.15, 0.2) is 59.5 Å². The van der Waals surface area contributed by atoms with Crippen LogP contribution in [0.3, 0.4) is 0 Å². The van der Waals surface area contributed by atoms with Crippen molar-refractivity contribution in [2.45, 2.75) is 32.2 Å². The van der Waals surface area contributed by atoms with Crippen molar-refractivity contribution in [3.63, 3.8) is 0 Å². The van der Waals surface area contributed by atoms with Gasteiger partial charge in [0.05, 0.1) is 11.9 Å². The average molecular weight is 355 g/mol. The molecule has 3 rings (SSSR count). The van der Waals surface area contributed by atoms with Crippen LogP contribution in [-0.4, -0.2) is 22.0 Å². The number of aromatic nitrogens is 2. The number of nitrogens with zero attached hydrogens (tertiary/aromatic N) is 2. The molecule has 0 aliphatic heterocycles. The molecule has 0 radical (unpaired) electrons. The molecule has 3 aromatic rings. The van der Waals surface area contributed by atoms with Crippen LogP contribution in [0.1, 0.15) is 25.0 Å². The minimum absolute atomic E-state index is 0.00327. The molecule has 0 saturated carbocycles. The third kappa shape index (κ3) is 5.05. The first kappa shape index (κ1) is 17.9. The lowest BCUT2D eigenvalue weighted by molar-refractivity contribution is -0.121. The molecule has 26 heavy (non-hydrogen) atoms. The first-order valence-electron chi connectivity index (χ1n) is 8.78. The van der Waals surface area contributed by atoms with Crippen LogP contribution in [0, 0.1) is 5.82 Å². The Hall–Kier alpha value is -2.89. The molecule has 2 aromatic heterocycles. The van der Waals surface area contributed by atoms with Crippen molar-refractivity contribution in [3.05, 3.63) is 66.7 Å². The van der Waals surface area contributed by atoms with E-state index in [0.717, 1.165) is 19.4 Å². The number of halogens is 1. The lowest BCUT2D eigenvalue weighted by Gasteiger charge is -2.05. The van der Waals surface area contributed by atoms with E-state index in [-0.39, 0.29) is 11.7 Å². The Kier molecular flexibility index (Phi) is 6.19. The zero-order chi connectivity index (χ0) is 18.2. The number of imidazole rings is 1. The minimum Gasteiger partial charge on any atom is -0.461 e. The van der Waals surface area contributed by atoms with Gasteiger partial charge < -0.3 is 14.3 Å². The van der Waals surface area contributed by atoms with Crippen LogP contribution in [0.5, 0.6) is 0 Å². The number of aryl methyl sites for hydroxylation is 2. The molecule has 6 heteroatoms. The second kappa shape index (κ2) is 8.99. The largest absolute Gasteiger partial charge is 0.461 e. The van der Waals surface area contributed by atoms with Crippen molar-refractivity contribution in [2.75, 3.05) is 6.54 Å². The first-order valence-corrected chi connectivity index (χ1v) is 8.78. The Labute approximate surface area is 151 Å². The van der Waals surface area contributed by atoms with Crippen molar-refractivity contribution in [2.24, 2.45) is 0 Å². The van der Waals surface area contributed by atoms with Crippen LogP contribution in [0.25, 0.3) is 11.3 Å². The molecular formula is C20H22FN3O2. The highest BCUT2D eigenvalue weighted by Crippen LogP contribution is 2.25. The van der Waals surface area contributed by atoms with E-state index in [1.54, 1.807) is 42.9 Å². The predicted octanol–water partition coefficient (Wildman–Crippen LogP) is 3.81. The molecule has 0 fully saturated rings. The van der Waals surface area contributed by atoms with Gasteiger partial charge in [-0.2, -0.15) is 0 Å². The zero-order valence-corrected chi connectivity index (χ0v) is 14.5. The van der Waals surface area contributed by atoms with Gasteiger partial charge in [0.1, 0.15) is 17.3 Å². The Balaban J connectivity index is 1.36. The van der Waals surface area contributed by atoms with Gasteiger partial charge in [0.15, 0.2) is 0 Å². The van der Waals surface area contributed by atoms with Crippen molar-refractivity contribution >= 4 is 5.91 Å². The van der Waals surface area contributed by atoms with Crippen LogP contribution in [0.4, 0.5) is 4.39 Å². The van der Waals surface area contributed by atoms with Crippen LogP contribution >= 0.6 is 0 Å². The average Bonchev–Trinajstić information content (AvgIpc) is 3.32. The summed E-state index contributed by atoms with van der Waals surface area (Å²) in [5, 5.41) is 2.92. The van der Waals surface area contributed by atoms with Gasteiger partial charge in [-0.05, 0) is 37.1 Å². The van der Waals surface area contributed by atoms with E-state index >= 15 is 0 Å². The summed E-state index contributed by atoms with van der Waals surface area (Å²) in [5.74, 6) is 0.842. The summed E-state index contributed by atoms with van der Waals surface area (Å²) in [6.07, 6.45) is 8.23. The highest BCUT2D eigenvalue weighted by molar-refractivity contribution is 5.76. The molecule has 1 N–H and O–H groups in total. The maximum Gasteiger partial charge on any atom is 0.220 e. The van der Waals surface area contributed by atoms with E-state index in [1.165, 1.54) is 6.07 Å². The lowest BCUT2D eigenvalue weighted by Crippen LogP contribution is -2.24. The Morgan fingerprint density at radius 1 is 1.19 bits per heavy atom. The molecular weight excluding hydrogens is 333 g/mol. The third-order valence-electron chi connectivity index (χ3n) is 4.12. The van der Waals surface area contributed by atoms with Gasteiger partial charge in [-0.25, -0.2) is 9.37 Å². The Morgan fingerprint density at radius 2 is 2.08 bits per heavy atom. The number of furan rings is 1. The number of nitrogens with one attached hydrogen (secondary N) is 1. The number of amides is 1. The van der Waals surface area contributed by atoms with Crippen molar-refractivity contribution in [3.8, 4) is 11.3 Å². The lowest BCUT2D eigenvalue weighted by atomic mass is 10.1. The van der Waals surface area contributed by atoms with Gasteiger partial charge in [-0.3, -0.25) is 4.79 Å². The molecule has 1 amide bonds. The van der Waals surface area contributed by atoms with Crippen molar-refractivity contribution in [1.29, 1.82) is 0 Å². The predicted molar refractivity (Wildman–Crippen MR) is 96.9 cm³/mol. The van der Waals surface area contributed by atoms with E-state index in [0.29, 0.717) is 36.5 Å². The highest BCUT2D eigenvalue weighted by Gasteiger charge is 2.10. The maximum absolute atomic E-state index is 13.8. The first-order chi connectivity index (χ1) is 12.7. The monoisotopic (exact) mass is 355 g/mol. The molecule has 0 aliphatic carbocycles. The Bertz CT molecular complexity index is 827. The van der Waals surface area contributed by atoms with Gasteiger partial charge in [0, 0.05) is 38.3 Å². The maximum atomic E-state index is 13.8. The summed E-state index contributed by atoms with van der Waals surface area (Å²) in [4.78, 5) is 15.9. The molecule has 0 unspecified atom stereocenters. The normalized spacial score (nSPS) is 10.8. The second-order valence-corrected chi connectivity index (χ2v) is 6.10. The quantitative estimate of drug-likeness (QED) is 0.594. The minimum atomic E-state index is -0.318. The standard InChI is InChI=1S/C20H22FN3O2/c21-18-6-2-1-5-17(18)19-9-7-16(26-19)8-10-20(25)23-11-3-4-13-24-14-12-22-15-24/h1-2,5-7,9,12,14-15H,3-4,8,10-11,13H2,(H,23,25). The van der Waals surface area contributed by atoms with E-state index in [9.17, 15) is 9.18 Å². The fourth-order valence-corrected chi connectivity index (χ4v) is 2.71. The molecule has 136 valence electrons. The molecule has 2 heterocycles. The third-order valence-corrected chi connectivity index (χ3v) is 4.12. The number of hydrogen-bond acceptors (Lipinski definition) is 3. The number of carbonyl (C=O) groups excluding carboxylic acids is 1. The Morgan fingerprint density at radius 3 is 2.88 bits per heavy atom. The van der Waals surface area contributed by atoms with E-state index < -0.39 is 0 Å². The summed E-state index contributed by atoms with van der Waals surface area (Å²) in [6.45, 7) is 1.56. The topological polar surface area (TPSA) is 60.1 Å². The SMILES string of the molecule is O=C(CCc1ccc(-c2ccccc2F)o1)NCCCCn1ccnc1. The molecule has 0 bridgehead atoms. The molecule has 1 aromatic carbocycles. The van der Waals surface area contributed by atoms with Crippen molar-refractivity contribution < 1.29 is 13.6 Å². The van der Waals surface area contributed by atoms with E-state index in [4.69, 9.17) is 4.42 Å². The summed E-state index contributed by atoms with van der Waals surface area (Å²) in [5.41, 5.74) is 0.432. The number of rotatable bonds is 9. The van der Waals surface area contributed by atoms with Gasteiger partial charge >= 0.3 is 0 Å². The van der Waals surface area contributed by atoms with Gasteiger partial charge in [0.25, 0.3) is 0 Å². The summed E-state index contributed by atoms with van der Waals surface area (Å²) < 4.78 is 21.4. The molecule has 0 spiro atoms. The highest BCUT2D eigenvalue weighted by atomic mass is 19.1.